The average Bonchev–Trinajstić information content (AvgIpc) is 3.23. The molecule has 2 aromatic carbocycles. The van der Waals surface area contributed by atoms with E-state index >= 15 is 0 Å². The van der Waals surface area contributed by atoms with E-state index in [4.69, 9.17) is 20.3 Å². The number of hydrogen-bond donors (Lipinski definition) is 3. The summed E-state index contributed by atoms with van der Waals surface area (Å²) in [5.74, 6) is 0.982. The fourth-order valence-electron chi connectivity index (χ4n) is 4.16. The van der Waals surface area contributed by atoms with Gasteiger partial charge < -0.3 is 30.2 Å². The summed E-state index contributed by atoms with van der Waals surface area (Å²) in [4.78, 5) is 12.1. The molecule has 1 heterocycles. The van der Waals surface area contributed by atoms with Gasteiger partial charge in [0.25, 0.3) is 5.91 Å². The molecule has 0 fully saturated rings. The molecule has 7 heteroatoms. The fraction of sp³-hybridized carbons (Fsp3) is 0.370. The van der Waals surface area contributed by atoms with Gasteiger partial charge >= 0.3 is 0 Å². The molecule has 0 aliphatic carbocycles. The van der Waals surface area contributed by atoms with Crippen LogP contribution in [0.3, 0.4) is 0 Å². The standard InChI is InChI=1S/C27H35N3O4/c1-4-6-20-7-8-24(25(18-20)33-3)34-14-10-29-19(2)15-21-16-22-9-12-30(11-5-13-31)26(22)23(17-21)27(28)32/h4,7-9,12,16-19,29,31H,1,5-6,10-11,13-15H2,2-3H3,(H2,28,32). The Morgan fingerprint density at radius 3 is 2.76 bits per heavy atom. The third kappa shape index (κ3) is 6.40. The number of benzene rings is 2. The van der Waals surface area contributed by atoms with E-state index in [9.17, 15) is 4.79 Å². The molecular formula is C27H35N3O4. The maximum absolute atomic E-state index is 12.1. The first-order valence-corrected chi connectivity index (χ1v) is 11.6. The minimum atomic E-state index is -0.446. The summed E-state index contributed by atoms with van der Waals surface area (Å²) in [6, 6.07) is 12.0. The van der Waals surface area contributed by atoms with Gasteiger partial charge in [0.15, 0.2) is 11.5 Å². The van der Waals surface area contributed by atoms with E-state index in [1.54, 1.807) is 7.11 Å². The van der Waals surface area contributed by atoms with Crippen molar-refractivity contribution >= 4 is 16.8 Å². The van der Waals surface area contributed by atoms with Gasteiger partial charge in [0.1, 0.15) is 6.61 Å². The van der Waals surface area contributed by atoms with Gasteiger partial charge in [0.05, 0.1) is 18.2 Å². The molecule has 3 rings (SSSR count). The van der Waals surface area contributed by atoms with Gasteiger partial charge in [-0.25, -0.2) is 0 Å². The predicted molar refractivity (Wildman–Crippen MR) is 136 cm³/mol. The van der Waals surface area contributed by atoms with Crippen molar-refractivity contribution in [2.75, 3.05) is 26.9 Å². The Hall–Kier alpha value is -3.29. The smallest absolute Gasteiger partial charge is 0.250 e. The third-order valence-corrected chi connectivity index (χ3v) is 5.75. The van der Waals surface area contributed by atoms with E-state index in [-0.39, 0.29) is 12.6 Å². The zero-order chi connectivity index (χ0) is 24.5. The van der Waals surface area contributed by atoms with Crippen molar-refractivity contribution in [1.29, 1.82) is 0 Å². The lowest BCUT2D eigenvalue weighted by atomic mass is 10.0. The van der Waals surface area contributed by atoms with Gasteiger partial charge in [0, 0.05) is 37.3 Å². The topological polar surface area (TPSA) is 98.7 Å². The Morgan fingerprint density at radius 2 is 2.06 bits per heavy atom. The van der Waals surface area contributed by atoms with Crippen LogP contribution in [0.4, 0.5) is 0 Å². The molecule has 182 valence electrons. The number of allylic oxidation sites excluding steroid dienone is 1. The molecule has 1 aromatic heterocycles. The van der Waals surface area contributed by atoms with Crippen LogP contribution in [-0.4, -0.2) is 48.5 Å². The average molecular weight is 466 g/mol. The SMILES string of the molecule is C=CCc1ccc(OCCNC(C)Cc2cc(C(N)=O)c3c(ccn3CCCO)c2)c(OC)c1. The number of hydrogen-bond acceptors (Lipinski definition) is 5. The normalized spacial score (nSPS) is 12.0. The number of amides is 1. The summed E-state index contributed by atoms with van der Waals surface area (Å²) in [7, 11) is 1.64. The minimum absolute atomic E-state index is 0.101. The molecule has 0 spiro atoms. The number of primary amides is 1. The number of fused-ring (bicyclic) bond motifs is 1. The number of aromatic nitrogens is 1. The summed E-state index contributed by atoms with van der Waals surface area (Å²) in [5.41, 5.74) is 9.20. The predicted octanol–water partition coefficient (Wildman–Crippen LogP) is 3.46. The van der Waals surface area contributed by atoms with Crippen LogP contribution in [0, 0.1) is 0 Å². The molecule has 1 unspecified atom stereocenters. The Balaban J connectivity index is 1.58. The number of nitrogens with one attached hydrogen (secondary N) is 1. The minimum Gasteiger partial charge on any atom is -0.493 e. The second-order valence-corrected chi connectivity index (χ2v) is 8.42. The summed E-state index contributed by atoms with van der Waals surface area (Å²) in [6.07, 6.45) is 5.95. The largest absolute Gasteiger partial charge is 0.493 e. The highest BCUT2D eigenvalue weighted by Crippen LogP contribution is 2.28. The number of aliphatic hydroxyl groups is 1. The van der Waals surface area contributed by atoms with E-state index < -0.39 is 5.91 Å². The van der Waals surface area contributed by atoms with Gasteiger partial charge in [-0.05, 0) is 67.6 Å². The van der Waals surface area contributed by atoms with Crippen LogP contribution in [0.15, 0.2) is 55.3 Å². The Kier molecular flexibility index (Phi) is 9.13. The molecule has 7 nitrogen and oxygen atoms in total. The van der Waals surface area contributed by atoms with Crippen molar-refractivity contribution < 1.29 is 19.4 Å². The van der Waals surface area contributed by atoms with Crippen LogP contribution >= 0.6 is 0 Å². The van der Waals surface area contributed by atoms with Gasteiger partial charge in [-0.1, -0.05) is 12.1 Å². The van der Waals surface area contributed by atoms with Crippen LogP contribution in [-0.2, 0) is 19.4 Å². The molecular weight excluding hydrogens is 430 g/mol. The monoisotopic (exact) mass is 465 g/mol. The summed E-state index contributed by atoms with van der Waals surface area (Å²) in [5, 5.41) is 13.6. The Bertz CT molecular complexity index is 1120. The van der Waals surface area contributed by atoms with Gasteiger partial charge in [0.2, 0.25) is 0 Å². The first-order valence-electron chi connectivity index (χ1n) is 11.6. The van der Waals surface area contributed by atoms with Gasteiger partial charge in [-0.3, -0.25) is 4.79 Å². The van der Waals surface area contributed by atoms with Crippen molar-refractivity contribution in [2.45, 2.75) is 38.8 Å². The van der Waals surface area contributed by atoms with Gasteiger partial charge in [-0.15, -0.1) is 6.58 Å². The number of ether oxygens (including phenoxy) is 2. The molecule has 3 aromatic rings. The van der Waals surface area contributed by atoms with Crippen LogP contribution in [0.1, 0.15) is 34.8 Å². The van der Waals surface area contributed by atoms with Crippen molar-refractivity contribution in [3.8, 4) is 11.5 Å². The zero-order valence-corrected chi connectivity index (χ0v) is 20.0. The molecule has 4 N–H and O–H groups in total. The maximum Gasteiger partial charge on any atom is 0.250 e. The first kappa shape index (κ1) is 25.3. The van der Waals surface area contributed by atoms with E-state index in [0.717, 1.165) is 34.9 Å². The molecule has 34 heavy (non-hydrogen) atoms. The number of carbonyl (C=O) groups excluding carboxylic acids is 1. The molecule has 1 amide bonds. The summed E-state index contributed by atoms with van der Waals surface area (Å²) < 4.78 is 13.3. The van der Waals surface area contributed by atoms with Crippen molar-refractivity contribution in [1.82, 2.24) is 9.88 Å². The number of nitrogens with zero attached hydrogens (tertiary/aromatic N) is 1. The quantitative estimate of drug-likeness (QED) is 0.250. The van der Waals surface area contributed by atoms with Crippen molar-refractivity contribution in [2.24, 2.45) is 5.73 Å². The highest BCUT2D eigenvalue weighted by Gasteiger charge is 2.15. The molecule has 0 saturated heterocycles. The third-order valence-electron chi connectivity index (χ3n) is 5.75. The van der Waals surface area contributed by atoms with E-state index in [0.29, 0.717) is 43.2 Å². The number of nitrogens with two attached hydrogens (primary N) is 1. The molecule has 0 aliphatic rings. The van der Waals surface area contributed by atoms with Crippen LogP contribution in [0.5, 0.6) is 11.5 Å². The zero-order valence-electron chi connectivity index (χ0n) is 20.0. The lowest BCUT2D eigenvalue weighted by Crippen LogP contribution is -2.32. The fourth-order valence-corrected chi connectivity index (χ4v) is 4.16. The Morgan fingerprint density at radius 1 is 1.24 bits per heavy atom. The second kappa shape index (κ2) is 12.3. The second-order valence-electron chi connectivity index (χ2n) is 8.42. The molecule has 0 radical (unpaired) electrons. The van der Waals surface area contributed by atoms with Crippen LogP contribution < -0.4 is 20.5 Å². The Labute approximate surface area is 201 Å². The molecule has 0 aliphatic heterocycles. The summed E-state index contributed by atoms with van der Waals surface area (Å²) in [6.45, 7) is 7.78. The van der Waals surface area contributed by atoms with Crippen LogP contribution in [0.2, 0.25) is 0 Å². The lowest BCUT2D eigenvalue weighted by Gasteiger charge is -2.16. The highest BCUT2D eigenvalue weighted by molar-refractivity contribution is 6.05. The number of carbonyl (C=O) groups is 1. The number of rotatable bonds is 14. The number of aliphatic hydroxyl groups excluding tert-OH is 1. The highest BCUT2D eigenvalue weighted by atomic mass is 16.5. The molecule has 1 atom stereocenters. The van der Waals surface area contributed by atoms with E-state index in [1.807, 2.05) is 47.2 Å². The van der Waals surface area contributed by atoms with E-state index in [1.165, 1.54) is 0 Å². The first-order chi connectivity index (χ1) is 16.5. The number of methoxy groups -OCH3 is 1. The summed E-state index contributed by atoms with van der Waals surface area (Å²) >= 11 is 0. The van der Waals surface area contributed by atoms with Gasteiger partial charge in [-0.2, -0.15) is 0 Å². The van der Waals surface area contributed by atoms with Crippen molar-refractivity contribution in [3.05, 3.63) is 71.9 Å². The number of aryl methyl sites for hydroxylation is 1. The molecule has 0 bridgehead atoms. The van der Waals surface area contributed by atoms with Crippen LogP contribution in [0.25, 0.3) is 10.9 Å². The molecule has 0 saturated carbocycles. The lowest BCUT2D eigenvalue weighted by molar-refractivity contribution is 0.100. The maximum atomic E-state index is 12.1. The van der Waals surface area contributed by atoms with E-state index in [2.05, 4.69) is 24.9 Å². The van der Waals surface area contributed by atoms with Crippen molar-refractivity contribution in [3.63, 3.8) is 0 Å².